The summed E-state index contributed by atoms with van der Waals surface area (Å²) in [4.78, 5) is 13.0. The number of halogens is 1. The zero-order valence-electron chi connectivity index (χ0n) is 10.7. The van der Waals surface area contributed by atoms with Crippen molar-refractivity contribution in [2.24, 2.45) is 0 Å². The SMILES string of the molecule is CN(C)C(On1nnc2cccnc21)=[N+](C)C.Cl. The Balaban J connectivity index is 0.00000162. The summed E-state index contributed by atoms with van der Waals surface area (Å²) in [6, 6.07) is 4.28. The maximum absolute atomic E-state index is 5.64. The zero-order valence-corrected chi connectivity index (χ0v) is 11.5. The molecule has 0 amide bonds. The van der Waals surface area contributed by atoms with E-state index in [1.165, 1.54) is 4.85 Å². The molecule has 0 atom stereocenters. The van der Waals surface area contributed by atoms with Crippen LogP contribution < -0.4 is 4.84 Å². The van der Waals surface area contributed by atoms with Crippen LogP contribution in [0.25, 0.3) is 11.2 Å². The highest BCUT2D eigenvalue weighted by Gasteiger charge is 2.17. The number of fused-ring (bicyclic) bond motifs is 1. The number of rotatable bonds is 1. The first-order valence-electron chi connectivity index (χ1n) is 5.16. The fourth-order valence-electron chi connectivity index (χ4n) is 1.45. The van der Waals surface area contributed by atoms with Crippen LogP contribution in [0.1, 0.15) is 0 Å². The van der Waals surface area contributed by atoms with Gasteiger partial charge in [-0.1, -0.05) is 0 Å². The van der Waals surface area contributed by atoms with Crippen LogP contribution in [0.5, 0.6) is 0 Å². The zero-order chi connectivity index (χ0) is 12.4. The van der Waals surface area contributed by atoms with Crippen LogP contribution in [0, 0.1) is 0 Å². The van der Waals surface area contributed by atoms with Crippen LogP contribution >= 0.6 is 12.4 Å². The van der Waals surface area contributed by atoms with E-state index in [1.54, 1.807) is 6.20 Å². The highest BCUT2D eigenvalue weighted by atomic mass is 35.5. The highest BCUT2D eigenvalue weighted by molar-refractivity contribution is 5.85. The number of pyridine rings is 1. The Kier molecular flexibility index (Phi) is 4.43. The van der Waals surface area contributed by atoms with Gasteiger partial charge in [-0.05, 0) is 22.2 Å². The second kappa shape index (κ2) is 5.63. The predicted octanol–water partition coefficient (Wildman–Crippen LogP) is -0.134. The summed E-state index contributed by atoms with van der Waals surface area (Å²) in [7, 11) is 7.56. The van der Waals surface area contributed by atoms with Crippen LogP contribution in [0.15, 0.2) is 18.3 Å². The number of hydrogen-bond donors (Lipinski definition) is 0. The molecule has 0 aliphatic heterocycles. The molecule has 0 aliphatic carbocycles. The van der Waals surface area contributed by atoms with Crippen LogP contribution in [0.2, 0.25) is 0 Å². The van der Waals surface area contributed by atoms with E-state index in [2.05, 4.69) is 15.3 Å². The quantitative estimate of drug-likeness (QED) is 0.411. The summed E-state index contributed by atoms with van der Waals surface area (Å²) in [5, 5.41) is 7.87. The minimum atomic E-state index is 0. The van der Waals surface area contributed by atoms with Crippen molar-refractivity contribution in [1.82, 2.24) is 25.0 Å². The molecular formula is C10H16ClN6O+. The van der Waals surface area contributed by atoms with E-state index in [1.807, 2.05) is 49.8 Å². The molecule has 18 heavy (non-hydrogen) atoms. The lowest BCUT2D eigenvalue weighted by Crippen LogP contribution is -2.39. The summed E-state index contributed by atoms with van der Waals surface area (Å²) in [5.41, 5.74) is 1.29. The van der Waals surface area contributed by atoms with E-state index >= 15 is 0 Å². The summed E-state index contributed by atoms with van der Waals surface area (Å²) < 4.78 is 1.84. The van der Waals surface area contributed by atoms with E-state index in [-0.39, 0.29) is 12.4 Å². The van der Waals surface area contributed by atoms with Gasteiger partial charge in [0.05, 0.1) is 28.2 Å². The van der Waals surface area contributed by atoms with Crippen molar-refractivity contribution in [3.05, 3.63) is 18.3 Å². The summed E-state index contributed by atoms with van der Waals surface area (Å²) in [5.74, 6) is 0. The Labute approximate surface area is 111 Å². The molecule has 2 aromatic rings. The Morgan fingerprint density at radius 1 is 1.39 bits per heavy atom. The summed E-state index contributed by atoms with van der Waals surface area (Å²) >= 11 is 0. The van der Waals surface area contributed by atoms with Gasteiger partial charge >= 0.3 is 6.02 Å². The Morgan fingerprint density at radius 2 is 2.11 bits per heavy atom. The van der Waals surface area contributed by atoms with Crippen molar-refractivity contribution in [2.75, 3.05) is 28.2 Å². The Hall–Kier alpha value is -1.89. The topological polar surface area (TPSA) is 59.1 Å². The van der Waals surface area contributed by atoms with Crippen LogP contribution in [0.3, 0.4) is 0 Å². The predicted molar refractivity (Wildman–Crippen MR) is 70.0 cm³/mol. The number of aromatic nitrogens is 4. The minimum Gasteiger partial charge on any atom is -0.277 e. The largest absolute Gasteiger partial charge is 0.472 e. The molecule has 0 N–H and O–H groups in total. The fraction of sp³-hybridized carbons (Fsp3) is 0.400. The molecule has 98 valence electrons. The molecule has 0 aliphatic rings. The second-order valence-electron chi connectivity index (χ2n) is 3.97. The molecule has 0 bridgehead atoms. The van der Waals surface area contributed by atoms with Gasteiger partial charge in [0.25, 0.3) is 0 Å². The maximum Gasteiger partial charge on any atom is 0.472 e. The highest BCUT2D eigenvalue weighted by Crippen LogP contribution is 2.04. The van der Waals surface area contributed by atoms with Crippen LogP contribution in [0.4, 0.5) is 0 Å². The third-order valence-corrected chi connectivity index (χ3v) is 2.11. The average Bonchev–Trinajstić information content (AvgIpc) is 2.68. The van der Waals surface area contributed by atoms with Crippen molar-refractivity contribution in [2.45, 2.75) is 0 Å². The molecule has 2 aromatic heterocycles. The van der Waals surface area contributed by atoms with Gasteiger partial charge in [0.15, 0.2) is 0 Å². The number of amidine groups is 1. The van der Waals surface area contributed by atoms with Gasteiger partial charge in [-0.3, -0.25) is 4.84 Å². The van der Waals surface area contributed by atoms with E-state index < -0.39 is 0 Å². The average molecular weight is 272 g/mol. The molecule has 0 unspecified atom stereocenters. The molecule has 0 radical (unpaired) electrons. The molecule has 0 saturated heterocycles. The Morgan fingerprint density at radius 3 is 2.72 bits per heavy atom. The summed E-state index contributed by atoms with van der Waals surface area (Å²) in [6.07, 6.45) is 1.68. The maximum atomic E-state index is 5.64. The number of hydrogen-bond acceptors (Lipinski definition) is 4. The third kappa shape index (κ3) is 2.67. The lowest BCUT2D eigenvalue weighted by atomic mass is 10.4. The lowest BCUT2D eigenvalue weighted by molar-refractivity contribution is -0.480. The van der Waals surface area contributed by atoms with Crippen molar-refractivity contribution >= 4 is 29.6 Å². The molecule has 2 rings (SSSR count). The fourth-order valence-corrected chi connectivity index (χ4v) is 1.45. The molecule has 0 saturated carbocycles. The third-order valence-electron chi connectivity index (χ3n) is 2.11. The van der Waals surface area contributed by atoms with Gasteiger partial charge < -0.3 is 0 Å². The summed E-state index contributed by atoms with van der Waals surface area (Å²) in [6.45, 7) is 0. The molecule has 2 heterocycles. The number of nitrogens with zero attached hydrogens (tertiary/aromatic N) is 6. The standard InChI is InChI=1S/C10H15N6O.ClH/c1-14(2)10(15(3)4)17-16-9-8(12-13-16)6-5-7-11-9;/h5-7H,1-4H3;1H/q+1;. The Bertz CT molecular complexity index is 560. The van der Waals surface area contributed by atoms with Crippen molar-refractivity contribution in [3.63, 3.8) is 0 Å². The molecular weight excluding hydrogens is 256 g/mol. The minimum absolute atomic E-state index is 0. The van der Waals surface area contributed by atoms with E-state index in [4.69, 9.17) is 4.84 Å². The van der Waals surface area contributed by atoms with Gasteiger partial charge in [0, 0.05) is 6.20 Å². The smallest absolute Gasteiger partial charge is 0.277 e. The molecule has 8 heteroatoms. The van der Waals surface area contributed by atoms with E-state index in [0.29, 0.717) is 17.2 Å². The molecule has 0 spiro atoms. The van der Waals surface area contributed by atoms with Crippen LogP contribution in [-0.2, 0) is 0 Å². The molecule has 0 aromatic carbocycles. The van der Waals surface area contributed by atoms with Crippen molar-refractivity contribution < 1.29 is 9.41 Å². The first-order chi connectivity index (χ1) is 8.09. The van der Waals surface area contributed by atoms with E-state index in [9.17, 15) is 0 Å². The van der Waals surface area contributed by atoms with Crippen molar-refractivity contribution in [1.29, 1.82) is 0 Å². The van der Waals surface area contributed by atoms with Gasteiger partial charge in [0.1, 0.15) is 5.52 Å². The van der Waals surface area contributed by atoms with Gasteiger partial charge in [0.2, 0.25) is 5.65 Å². The normalized spacial score (nSPS) is 9.78. The van der Waals surface area contributed by atoms with Gasteiger partial charge in [-0.2, -0.15) is 0 Å². The monoisotopic (exact) mass is 271 g/mol. The first-order valence-corrected chi connectivity index (χ1v) is 5.16. The van der Waals surface area contributed by atoms with E-state index in [0.717, 1.165) is 0 Å². The lowest BCUT2D eigenvalue weighted by Gasteiger charge is -2.09. The van der Waals surface area contributed by atoms with Gasteiger partial charge in [-0.15, -0.1) is 17.5 Å². The van der Waals surface area contributed by atoms with Crippen molar-refractivity contribution in [3.8, 4) is 0 Å². The molecule has 7 nitrogen and oxygen atoms in total. The van der Waals surface area contributed by atoms with Crippen LogP contribution in [-0.4, -0.2) is 63.8 Å². The molecule has 0 fully saturated rings. The first kappa shape index (κ1) is 14.2. The second-order valence-corrected chi connectivity index (χ2v) is 3.97. The van der Waals surface area contributed by atoms with Gasteiger partial charge in [-0.25, -0.2) is 14.5 Å².